The maximum atomic E-state index is 12.0. The van der Waals surface area contributed by atoms with Crippen molar-refractivity contribution in [2.24, 2.45) is 0 Å². The lowest BCUT2D eigenvalue weighted by molar-refractivity contribution is -0.123. The first kappa shape index (κ1) is 18.0. The average Bonchev–Trinajstić information content (AvgIpc) is 2.71. The lowest BCUT2D eigenvalue weighted by Crippen LogP contribution is -2.43. The van der Waals surface area contributed by atoms with Gasteiger partial charge in [0.2, 0.25) is 0 Å². The van der Waals surface area contributed by atoms with Crippen LogP contribution in [0.4, 0.5) is 0 Å². The van der Waals surface area contributed by atoms with Gasteiger partial charge in [-0.2, -0.15) is 0 Å². The molecule has 3 aromatic rings. The molecule has 0 atom stereocenters. The van der Waals surface area contributed by atoms with Crippen LogP contribution in [0.25, 0.3) is 11.1 Å². The van der Waals surface area contributed by atoms with Gasteiger partial charge in [0, 0.05) is 11.1 Å². The summed E-state index contributed by atoms with van der Waals surface area (Å²) in [5.74, 6) is -0.511. The molecule has 0 heterocycles. The average molecular weight is 362 g/mol. The zero-order valence-electron chi connectivity index (χ0n) is 14.4. The Labute approximate surface area is 156 Å². The van der Waals surface area contributed by atoms with E-state index in [0.717, 1.165) is 11.1 Å². The highest BCUT2D eigenvalue weighted by molar-refractivity contribution is 5.95. The zero-order valence-corrected chi connectivity index (χ0v) is 14.4. The number of benzene rings is 3. The SMILES string of the molecule is O=C(COc1ccccc1-c1ccccc1)NNC(=O)c1cccc(O)c1. The summed E-state index contributed by atoms with van der Waals surface area (Å²) in [4.78, 5) is 23.9. The van der Waals surface area contributed by atoms with E-state index in [1.807, 2.05) is 48.5 Å². The van der Waals surface area contributed by atoms with Crippen molar-refractivity contribution in [2.45, 2.75) is 0 Å². The molecule has 3 rings (SSSR count). The van der Waals surface area contributed by atoms with Gasteiger partial charge in [0.1, 0.15) is 11.5 Å². The molecule has 0 fully saturated rings. The van der Waals surface area contributed by atoms with Gasteiger partial charge in [-0.3, -0.25) is 20.4 Å². The number of phenols is 1. The molecule has 0 saturated carbocycles. The summed E-state index contributed by atoms with van der Waals surface area (Å²) < 4.78 is 5.61. The highest BCUT2D eigenvalue weighted by Gasteiger charge is 2.10. The normalized spacial score (nSPS) is 10.1. The molecule has 3 N–H and O–H groups in total. The number of nitrogens with one attached hydrogen (secondary N) is 2. The molecule has 6 nitrogen and oxygen atoms in total. The molecule has 0 aromatic heterocycles. The Kier molecular flexibility index (Phi) is 5.69. The number of phenolic OH excluding ortho intramolecular Hbond substituents is 1. The number of ether oxygens (including phenoxy) is 1. The van der Waals surface area contributed by atoms with Crippen LogP contribution in [0.1, 0.15) is 10.4 Å². The molecule has 27 heavy (non-hydrogen) atoms. The molecule has 6 heteroatoms. The van der Waals surface area contributed by atoms with Gasteiger partial charge >= 0.3 is 0 Å². The predicted molar refractivity (Wildman–Crippen MR) is 101 cm³/mol. The molecular weight excluding hydrogens is 344 g/mol. The number of carbonyl (C=O) groups is 2. The van der Waals surface area contributed by atoms with Crippen LogP contribution in [0.5, 0.6) is 11.5 Å². The molecule has 0 spiro atoms. The highest BCUT2D eigenvalue weighted by atomic mass is 16.5. The second-order valence-corrected chi connectivity index (χ2v) is 5.70. The van der Waals surface area contributed by atoms with E-state index in [2.05, 4.69) is 10.9 Å². The molecule has 136 valence electrons. The Balaban J connectivity index is 1.56. The summed E-state index contributed by atoms with van der Waals surface area (Å²) >= 11 is 0. The van der Waals surface area contributed by atoms with E-state index in [-0.39, 0.29) is 17.9 Å². The molecule has 0 aliphatic rings. The van der Waals surface area contributed by atoms with Gasteiger partial charge in [0.05, 0.1) is 0 Å². The Bertz CT molecular complexity index is 942. The number of hydrogen-bond donors (Lipinski definition) is 3. The van der Waals surface area contributed by atoms with Gasteiger partial charge in [-0.15, -0.1) is 0 Å². The first-order chi connectivity index (χ1) is 13.1. The van der Waals surface area contributed by atoms with Crippen molar-refractivity contribution in [3.05, 3.63) is 84.4 Å². The van der Waals surface area contributed by atoms with Crippen LogP contribution >= 0.6 is 0 Å². The van der Waals surface area contributed by atoms with Crippen LogP contribution < -0.4 is 15.6 Å². The molecule has 0 aliphatic carbocycles. The minimum atomic E-state index is -0.538. The maximum Gasteiger partial charge on any atom is 0.276 e. The van der Waals surface area contributed by atoms with E-state index in [9.17, 15) is 14.7 Å². The van der Waals surface area contributed by atoms with E-state index < -0.39 is 11.8 Å². The van der Waals surface area contributed by atoms with Crippen LogP contribution in [0.3, 0.4) is 0 Å². The summed E-state index contributed by atoms with van der Waals surface area (Å²) in [5, 5.41) is 9.38. The number of para-hydroxylation sites is 1. The van der Waals surface area contributed by atoms with Crippen molar-refractivity contribution in [1.82, 2.24) is 10.9 Å². The number of aromatic hydroxyl groups is 1. The smallest absolute Gasteiger partial charge is 0.276 e. The highest BCUT2D eigenvalue weighted by Crippen LogP contribution is 2.29. The predicted octanol–water partition coefficient (Wildman–Crippen LogP) is 2.90. The van der Waals surface area contributed by atoms with Crippen LogP contribution in [0.15, 0.2) is 78.9 Å². The summed E-state index contributed by atoms with van der Waals surface area (Å²) in [6.45, 7) is -0.260. The molecule has 0 bridgehead atoms. The van der Waals surface area contributed by atoms with Gasteiger partial charge in [-0.1, -0.05) is 54.6 Å². The minimum Gasteiger partial charge on any atom is -0.508 e. The van der Waals surface area contributed by atoms with Crippen LogP contribution in [-0.4, -0.2) is 23.5 Å². The molecular formula is C21H18N2O4. The third-order valence-electron chi connectivity index (χ3n) is 3.75. The standard InChI is InChI=1S/C21H18N2O4/c24-17-10-6-9-16(13-17)21(26)23-22-20(25)14-27-19-12-5-4-11-18(19)15-7-2-1-3-8-15/h1-13,24H,14H2,(H,22,25)(H,23,26). The third-order valence-corrected chi connectivity index (χ3v) is 3.75. The molecule has 0 unspecified atom stereocenters. The van der Waals surface area contributed by atoms with E-state index in [1.54, 1.807) is 6.07 Å². The number of hydrogen-bond acceptors (Lipinski definition) is 4. The fraction of sp³-hybridized carbons (Fsp3) is 0.0476. The van der Waals surface area contributed by atoms with E-state index >= 15 is 0 Å². The fourth-order valence-electron chi connectivity index (χ4n) is 2.47. The monoisotopic (exact) mass is 362 g/mol. The first-order valence-electron chi connectivity index (χ1n) is 8.29. The van der Waals surface area contributed by atoms with Crippen molar-refractivity contribution in [2.75, 3.05) is 6.61 Å². The minimum absolute atomic E-state index is 0.0326. The largest absolute Gasteiger partial charge is 0.508 e. The topological polar surface area (TPSA) is 87.7 Å². The van der Waals surface area contributed by atoms with Gasteiger partial charge in [0.15, 0.2) is 6.61 Å². The van der Waals surface area contributed by atoms with Crippen LogP contribution in [-0.2, 0) is 4.79 Å². The van der Waals surface area contributed by atoms with Crippen molar-refractivity contribution < 1.29 is 19.4 Å². The Hall–Kier alpha value is -3.80. The molecule has 0 radical (unpaired) electrons. The van der Waals surface area contributed by atoms with Gasteiger partial charge in [-0.25, -0.2) is 0 Å². The number of rotatable bonds is 5. The van der Waals surface area contributed by atoms with Gasteiger partial charge in [-0.05, 0) is 29.8 Å². The summed E-state index contributed by atoms with van der Waals surface area (Å²) in [6.07, 6.45) is 0. The lowest BCUT2D eigenvalue weighted by atomic mass is 10.1. The quantitative estimate of drug-likeness (QED) is 0.609. The van der Waals surface area contributed by atoms with E-state index in [1.165, 1.54) is 24.3 Å². The maximum absolute atomic E-state index is 12.0. The Morgan fingerprint density at radius 1 is 0.852 bits per heavy atom. The van der Waals surface area contributed by atoms with Crippen molar-refractivity contribution in [3.63, 3.8) is 0 Å². The molecule has 0 aliphatic heterocycles. The summed E-state index contributed by atoms with van der Waals surface area (Å²) in [6, 6.07) is 22.9. The zero-order chi connectivity index (χ0) is 19.1. The Morgan fingerprint density at radius 2 is 1.59 bits per heavy atom. The second-order valence-electron chi connectivity index (χ2n) is 5.70. The van der Waals surface area contributed by atoms with Crippen molar-refractivity contribution in [1.29, 1.82) is 0 Å². The number of carbonyl (C=O) groups excluding carboxylic acids is 2. The molecule has 0 saturated heterocycles. The summed E-state index contributed by atoms with van der Waals surface area (Å²) in [7, 11) is 0. The second kappa shape index (κ2) is 8.53. The van der Waals surface area contributed by atoms with Crippen LogP contribution in [0, 0.1) is 0 Å². The van der Waals surface area contributed by atoms with Crippen molar-refractivity contribution >= 4 is 11.8 Å². The molecule has 3 aromatic carbocycles. The van der Waals surface area contributed by atoms with Gasteiger partial charge in [0.25, 0.3) is 11.8 Å². The third kappa shape index (κ3) is 4.85. The number of amides is 2. The van der Waals surface area contributed by atoms with Gasteiger partial charge < -0.3 is 9.84 Å². The first-order valence-corrected chi connectivity index (χ1v) is 8.29. The number of hydrazine groups is 1. The molecule has 2 amide bonds. The van der Waals surface area contributed by atoms with E-state index in [4.69, 9.17) is 4.74 Å². The Morgan fingerprint density at radius 3 is 2.37 bits per heavy atom. The lowest BCUT2D eigenvalue weighted by Gasteiger charge is -2.12. The fourth-order valence-corrected chi connectivity index (χ4v) is 2.47. The summed E-state index contributed by atoms with van der Waals surface area (Å²) in [5.41, 5.74) is 6.64. The van der Waals surface area contributed by atoms with Crippen molar-refractivity contribution in [3.8, 4) is 22.6 Å². The van der Waals surface area contributed by atoms with Crippen LogP contribution in [0.2, 0.25) is 0 Å². The van der Waals surface area contributed by atoms with E-state index in [0.29, 0.717) is 5.75 Å².